The van der Waals surface area contributed by atoms with Crippen molar-refractivity contribution in [2.45, 2.75) is 46.6 Å². The average Bonchev–Trinajstić information content (AvgIpc) is 3.16. The van der Waals surface area contributed by atoms with Gasteiger partial charge in [-0.1, -0.05) is 19.9 Å². The standard InChI is InChI=1S/C27H31F2N7/c1-6-35-13-20(14-35)16(4)18-7-8-24(30-11-18)33-27-31-12-22(29)25(34-27)19-9-21(28)26-23(10-19)36(15(2)3)17(5)32-26/h7-12,15-16,20H,6,13-14H2,1-5H3,(H,30,31,33,34). The van der Waals surface area contributed by atoms with E-state index < -0.39 is 11.6 Å². The molecule has 1 aliphatic rings. The molecule has 0 bridgehead atoms. The molecule has 0 radical (unpaired) electrons. The fraction of sp³-hybridized carbons (Fsp3) is 0.407. The molecule has 0 aliphatic carbocycles. The second-order valence-electron chi connectivity index (χ2n) is 9.84. The van der Waals surface area contributed by atoms with Crippen LogP contribution in [0, 0.1) is 24.5 Å². The second kappa shape index (κ2) is 9.54. The van der Waals surface area contributed by atoms with Gasteiger partial charge in [-0.2, -0.15) is 0 Å². The van der Waals surface area contributed by atoms with Crippen LogP contribution in [-0.4, -0.2) is 49.0 Å². The summed E-state index contributed by atoms with van der Waals surface area (Å²) in [5.74, 6) is 1.36. The summed E-state index contributed by atoms with van der Waals surface area (Å²) < 4.78 is 31.6. The van der Waals surface area contributed by atoms with Gasteiger partial charge in [0.25, 0.3) is 0 Å². The molecule has 1 atom stereocenters. The van der Waals surface area contributed by atoms with Crippen molar-refractivity contribution in [1.82, 2.24) is 29.4 Å². The molecule has 188 valence electrons. The molecule has 5 rings (SSSR count). The van der Waals surface area contributed by atoms with Crippen molar-refractivity contribution in [3.05, 3.63) is 59.7 Å². The van der Waals surface area contributed by atoms with Crippen molar-refractivity contribution in [2.24, 2.45) is 5.92 Å². The largest absolute Gasteiger partial charge is 0.326 e. The number of nitrogens with zero attached hydrogens (tertiary/aromatic N) is 6. The lowest BCUT2D eigenvalue weighted by Crippen LogP contribution is -2.48. The van der Waals surface area contributed by atoms with E-state index in [0.717, 1.165) is 25.8 Å². The van der Waals surface area contributed by atoms with Crippen molar-refractivity contribution in [1.29, 1.82) is 0 Å². The molecular formula is C27H31F2N7. The number of aryl methyl sites for hydroxylation is 1. The number of aromatic nitrogens is 5. The van der Waals surface area contributed by atoms with Crippen molar-refractivity contribution < 1.29 is 8.78 Å². The predicted molar refractivity (Wildman–Crippen MR) is 137 cm³/mol. The van der Waals surface area contributed by atoms with Gasteiger partial charge in [0.05, 0.1) is 11.7 Å². The van der Waals surface area contributed by atoms with Gasteiger partial charge in [-0.3, -0.25) is 0 Å². The molecule has 0 saturated carbocycles. The highest BCUT2D eigenvalue weighted by molar-refractivity contribution is 5.83. The van der Waals surface area contributed by atoms with Crippen LogP contribution >= 0.6 is 0 Å². The molecular weight excluding hydrogens is 460 g/mol. The van der Waals surface area contributed by atoms with Gasteiger partial charge in [0.2, 0.25) is 5.95 Å². The maximum atomic E-state index is 14.9. The quantitative estimate of drug-likeness (QED) is 0.349. The summed E-state index contributed by atoms with van der Waals surface area (Å²) in [5, 5.41) is 3.05. The van der Waals surface area contributed by atoms with Gasteiger partial charge in [0, 0.05) is 30.9 Å². The van der Waals surface area contributed by atoms with Gasteiger partial charge in [-0.05, 0) is 62.9 Å². The first-order valence-corrected chi connectivity index (χ1v) is 12.4. The van der Waals surface area contributed by atoms with E-state index in [4.69, 9.17) is 0 Å². The van der Waals surface area contributed by atoms with Crippen molar-refractivity contribution in [3.8, 4) is 11.3 Å². The van der Waals surface area contributed by atoms with Crippen molar-refractivity contribution in [2.75, 3.05) is 25.0 Å². The third-order valence-electron chi connectivity index (χ3n) is 7.15. The van der Waals surface area contributed by atoms with Gasteiger partial charge in [-0.25, -0.2) is 28.7 Å². The van der Waals surface area contributed by atoms with Crippen molar-refractivity contribution in [3.63, 3.8) is 0 Å². The number of anilines is 2. The number of benzene rings is 1. The number of likely N-dealkylation sites (tertiary alicyclic amines) is 1. The summed E-state index contributed by atoms with van der Waals surface area (Å²) in [6.45, 7) is 13.6. The first-order valence-electron chi connectivity index (χ1n) is 12.4. The second-order valence-corrected chi connectivity index (χ2v) is 9.84. The minimum atomic E-state index is -0.634. The zero-order valence-corrected chi connectivity index (χ0v) is 21.3. The summed E-state index contributed by atoms with van der Waals surface area (Å²) >= 11 is 0. The fourth-order valence-electron chi connectivity index (χ4n) is 5.01. The third kappa shape index (κ3) is 4.43. The molecule has 3 aromatic heterocycles. The molecule has 1 fully saturated rings. The first kappa shape index (κ1) is 24.2. The van der Waals surface area contributed by atoms with Crippen LogP contribution < -0.4 is 5.32 Å². The molecule has 9 heteroatoms. The fourth-order valence-corrected chi connectivity index (χ4v) is 5.01. The molecule has 4 heterocycles. The van der Waals surface area contributed by atoms with Crippen LogP contribution in [0.15, 0.2) is 36.7 Å². The van der Waals surface area contributed by atoms with Crippen LogP contribution in [0.25, 0.3) is 22.3 Å². The van der Waals surface area contributed by atoms with Crippen LogP contribution in [0.1, 0.15) is 51.0 Å². The summed E-state index contributed by atoms with van der Waals surface area (Å²) in [4.78, 5) is 19.7. The van der Waals surface area contributed by atoms with Gasteiger partial charge < -0.3 is 14.8 Å². The zero-order valence-electron chi connectivity index (χ0n) is 21.3. The Kier molecular flexibility index (Phi) is 6.42. The van der Waals surface area contributed by atoms with Crippen LogP contribution in [0.4, 0.5) is 20.5 Å². The zero-order chi connectivity index (χ0) is 25.6. The Morgan fingerprint density at radius 2 is 1.81 bits per heavy atom. The summed E-state index contributed by atoms with van der Waals surface area (Å²) in [6, 6.07) is 7.00. The number of rotatable bonds is 7. The molecule has 1 aliphatic heterocycles. The van der Waals surface area contributed by atoms with Crippen LogP contribution in [0.5, 0.6) is 0 Å². The number of nitrogens with one attached hydrogen (secondary N) is 1. The Morgan fingerprint density at radius 1 is 1.03 bits per heavy atom. The van der Waals surface area contributed by atoms with Crippen LogP contribution in [0.3, 0.4) is 0 Å². The minimum Gasteiger partial charge on any atom is -0.326 e. The highest BCUT2D eigenvalue weighted by atomic mass is 19.1. The highest BCUT2D eigenvalue weighted by Gasteiger charge is 2.30. The smallest absolute Gasteiger partial charge is 0.229 e. The van der Waals surface area contributed by atoms with Gasteiger partial charge in [0.1, 0.15) is 22.9 Å². The Labute approximate surface area is 209 Å². The van der Waals surface area contributed by atoms with Gasteiger partial charge >= 0.3 is 0 Å². The van der Waals surface area contributed by atoms with E-state index in [9.17, 15) is 8.78 Å². The van der Waals surface area contributed by atoms with Gasteiger partial charge in [-0.15, -0.1) is 0 Å². The molecule has 7 nitrogen and oxygen atoms in total. The lowest BCUT2D eigenvalue weighted by Gasteiger charge is -2.42. The lowest BCUT2D eigenvalue weighted by atomic mass is 9.83. The first-order chi connectivity index (χ1) is 17.2. The van der Waals surface area contributed by atoms with E-state index >= 15 is 0 Å². The highest BCUT2D eigenvalue weighted by Crippen LogP contribution is 2.32. The summed E-state index contributed by atoms with van der Waals surface area (Å²) in [5.41, 5.74) is 2.38. The van der Waals surface area contributed by atoms with E-state index in [1.165, 1.54) is 11.6 Å². The predicted octanol–water partition coefficient (Wildman–Crippen LogP) is 5.85. The van der Waals surface area contributed by atoms with E-state index in [2.05, 4.69) is 50.1 Å². The summed E-state index contributed by atoms with van der Waals surface area (Å²) in [7, 11) is 0. The summed E-state index contributed by atoms with van der Waals surface area (Å²) in [6.07, 6.45) is 2.95. The molecule has 1 aromatic carbocycles. The molecule has 0 spiro atoms. The molecule has 1 N–H and O–H groups in total. The number of imidazole rings is 1. The van der Waals surface area contributed by atoms with Gasteiger partial charge in [0.15, 0.2) is 11.6 Å². The Balaban J connectivity index is 1.40. The molecule has 0 amide bonds. The maximum absolute atomic E-state index is 14.9. The van der Waals surface area contributed by atoms with Crippen LogP contribution in [-0.2, 0) is 0 Å². The Morgan fingerprint density at radius 3 is 2.47 bits per heavy atom. The Hall–Kier alpha value is -3.46. The Bertz CT molecular complexity index is 1390. The average molecular weight is 492 g/mol. The topological polar surface area (TPSA) is 71.8 Å². The SMILES string of the molecule is CCN1CC(C(C)c2ccc(Nc3ncc(F)c(-c4cc(F)c5nc(C)n(C(C)C)c5c4)n3)nc2)C1. The van der Waals surface area contributed by atoms with E-state index in [1.54, 1.807) is 6.07 Å². The van der Waals surface area contributed by atoms with E-state index in [-0.39, 0.29) is 23.2 Å². The number of pyridine rings is 1. The molecule has 4 aromatic rings. The lowest BCUT2D eigenvalue weighted by molar-refractivity contribution is 0.0909. The molecule has 1 unspecified atom stereocenters. The monoisotopic (exact) mass is 491 g/mol. The number of fused-ring (bicyclic) bond motifs is 1. The maximum Gasteiger partial charge on any atom is 0.229 e. The number of hydrogen-bond donors (Lipinski definition) is 1. The number of hydrogen-bond acceptors (Lipinski definition) is 6. The van der Waals surface area contributed by atoms with E-state index in [1.807, 2.05) is 37.6 Å². The molecule has 36 heavy (non-hydrogen) atoms. The minimum absolute atomic E-state index is 0.0122. The third-order valence-corrected chi connectivity index (χ3v) is 7.15. The van der Waals surface area contributed by atoms with Crippen molar-refractivity contribution >= 4 is 22.8 Å². The normalized spacial score (nSPS) is 15.4. The van der Waals surface area contributed by atoms with E-state index in [0.29, 0.717) is 34.6 Å². The molecule has 1 saturated heterocycles. The van der Waals surface area contributed by atoms with Crippen LogP contribution in [0.2, 0.25) is 0 Å². The number of halogens is 2.